The molecule has 0 fully saturated rings. The van der Waals surface area contributed by atoms with Crippen LogP contribution in [0.25, 0.3) is 0 Å². The first-order valence-electron chi connectivity index (χ1n) is 8.88. The Kier molecular flexibility index (Phi) is 7.19. The van der Waals surface area contributed by atoms with Gasteiger partial charge >= 0.3 is 0 Å². The van der Waals surface area contributed by atoms with E-state index < -0.39 is 28.3 Å². The molecule has 3 rings (SSSR count). The second-order valence-corrected chi connectivity index (χ2v) is 9.46. The molecule has 0 bridgehead atoms. The summed E-state index contributed by atoms with van der Waals surface area (Å²) in [6.07, 6.45) is 0. The zero-order valence-electron chi connectivity index (χ0n) is 16.2. The molecular weight excluding hydrogens is 511 g/mol. The van der Waals surface area contributed by atoms with E-state index in [2.05, 4.69) is 21.2 Å². The number of benzene rings is 3. The number of amides is 1. The largest absolute Gasteiger partial charge is 0.497 e. The van der Waals surface area contributed by atoms with Crippen LogP contribution in [0.3, 0.4) is 0 Å². The number of hydrogen-bond donors (Lipinski definition) is 1. The first-order chi connectivity index (χ1) is 14.7. The summed E-state index contributed by atoms with van der Waals surface area (Å²) in [4.78, 5) is 12.6. The van der Waals surface area contributed by atoms with Gasteiger partial charge in [0, 0.05) is 10.2 Å². The van der Waals surface area contributed by atoms with E-state index >= 15 is 0 Å². The van der Waals surface area contributed by atoms with Crippen molar-refractivity contribution in [1.29, 1.82) is 0 Å². The highest BCUT2D eigenvalue weighted by Gasteiger charge is 2.27. The Bertz CT molecular complexity index is 1190. The van der Waals surface area contributed by atoms with Crippen LogP contribution in [0.5, 0.6) is 5.75 Å². The van der Waals surface area contributed by atoms with Crippen LogP contribution in [0.1, 0.15) is 0 Å². The van der Waals surface area contributed by atoms with Gasteiger partial charge in [-0.3, -0.25) is 9.10 Å². The van der Waals surface area contributed by atoms with Gasteiger partial charge in [0.2, 0.25) is 5.91 Å². The average Bonchev–Trinajstić information content (AvgIpc) is 2.75. The summed E-state index contributed by atoms with van der Waals surface area (Å²) in [5, 5.41) is 3.01. The number of ether oxygens (including phenoxy) is 1. The van der Waals surface area contributed by atoms with E-state index in [1.807, 2.05) is 0 Å². The predicted octanol–water partition coefficient (Wildman–Crippen LogP) is 5.08. The number of rotatable bonds is 7. The third kappa shape index (κ3) is 5.55. The Morgan fingerprint density at radius 2 is 1.74 bits per heavy atom. The second-order valence-electron chi connectivity index (χ2n) is 6.34. The van der Waals surface area contributed by atoms with E-state index in [9.17, 15) is 17.6 Å². The third-order valence-corrected chi connectivity index (χ3v) is 7.27. The predicted molar refractivity (Wildman–Crippen MR) is 122 cm³/mol. The molecule has 31 heavy (non-hydrogen) atoms. The Labute approximate surface area is 192 Å². The van der Waals surface area contributed by atoms with Crippen LogP contribution < -0.4 is 14.4 Å². The summed E-state index contributed by atoms with van der Waals surface area (Å²) < 4.78 is 46.6. The second kappa shape index (κ2) is 9.67. The lowest BCUT2D eigenvalue weighted by Gasteiger charge is -2.24. The fourth-order valence-electron chi connectivity index (χ4n) is 2.70. The first-order valence-corrected chi connectivity index (χ1v) is 11.5. The maximum absolute atomic E-state index is 13.4. The van der Waals surface area contributed by atoms with Crippen LogP contribution in [0.2, 0.25) is 5.02 Å². The maximum Gasteiger partial charge on any atom is 0.264 e. The van der Waals surface area contributed by atoms with E-state index in [1.165, 1.54) is 49.6 Å². The van der Waals surface area contributed by atoms with Gasteiger partial charge < -0.3 is 10.1 Å². The number of hydrogen-bond acceptors (Lipinski definition) is 4. The van der Waals surface area contributed by atoms with Crippen molar-refractivity contribution < 1.29 is 22.3 Å². The van der Waals surface area contributed by atoms with Crippen LogP contribution >= 0.6 is 27.5 Å². The Hall–Kier alpha value is -2.62. The van der Waals surface area contributed by atoms with Gasteiger partial charge in [-0.25, -0.2) is 12.8 Å². The fraction of sp³-hybridized carbons (Fsp3) is 0.0952. The summed E-state index contributed by atoms with van der Waals surface area (Å²) in [6.45, 7) is -0.534. The molecule has 0 aliphatic carbocycles. The van der Waals surface area contributed by atoms with Gasteiger partial charge in [0.1, 0.15) is 18.1 Å². The van der Waals surface area contributed by atoms with Crippen molar-refractivity contribution in [3.8, 4) is 5.75 Å². The molecule has 0 aromatic heterocycles. The quantitative estimate of drug-likeness (QED) is 0.465. The monoisotopic (exact) mass is 526 g/mol. The third-order valence-electron chi connectivity index (χ3n) is 4.25. The van der Waals surface area contributed by atoms with Gasteiger partial charge in [0.05, 0.1) is 22.7 Å². The van der Waals surface area contributed by atoms with Gasteiger partial charge in [-0.1, -0.05) is 11.6 Å². The van der Waals surface area contributed by atoms with Gasteiger partial charge in [0.15, 0.2) is 0 Å². The highest BCUT2D eigenvalue weighted by Crippen LogP contribution is 2.27. The average molecular weight is 528 g/mol. The van der Waals surface area contributed by atoms with E-state index in [4.69, 9.17) is 16.3 Å². The molecule has 0 radical (unpaired) electrons. The lowest BCUT2D eigenvalue weighted by Crippen LogP contribution is -2.38. The zero-order chi connectivity index (χ0) is 22.6. The van der Waals surface area contributed by atoms with E-state index in [1.54, 1.807) is 12.1 Å². The molecule has 0 atom stereocenters. The summed E-state index contributed by atoms with van der Waals surface area (Å²) in [6, 6.07) is 15.4. The lowest BCUT2D eigenvalue weighted by atomic mass is 10.3. The number of nitrogens with one attached hydrogen (secondary N) is 1. The number of nitrogens with zero attached hydrogens (tertiary/aromatic N) is 1. The van der Waals surface area contributed by atoms with Crippen LogP contribution in [0.4, 0.5) is 15.8 Å². The molecular formula is C21H17BrClFN2O4S. The van der Waals surface area contributed by atoms with Crippen molar-refractivity contribution in [2.75, 3.05) is 23.3 Å². The highest BCUT2D eigenvalue weighted by atomic mass is 79.9. The molecule has 3 aromatic carbocycles. The molecule has 162 valence electrons. The summed E-state index contributed by atoms with van der Waals surface area (Å²) in [7, 11) is -2.67. The topological polar surface area (TPSA) is 75.7 Å². The van der Waals surface area contributed by atoms with Crippen molar-refractivity contribution in [1.82, 2.24) is 0 Å². The van der Waals surface area contributed by atoms with Gasteiger partial charge in [-0.2, -0.15) is 0 Å². The molecule has 1 amide bonds. The molecule has 3 aromatic rings. The lowest BCUT2D eigenvalue weighted by molar-refractivity contribution is -0.114. The number of sulfonamides is 1. The smallest absolute Gasteiger partial charge is 0.264 e. The highest BCUT2D eigenvalue weighted by molar-refractivity contribution is 9.10. The van der Waals surface area contributed by atoms with Gasteiger partial charge in [0.25, 0.3) is 10.0 Å². The molecule has 6 nitrogen and oxygen atoms in total. The number of halogens is 3. The molecule has 0 unspecified atom stereocenters. The number of anilines is 2. The number of carbonyl (C=O) groups is 1. The molecule has 0 saturated carbocycles. The Balaban J connectivity index is 1.92. The Morgan fingerprint density at radius 1 is 1.10 bits per heavy atom. The molecule has 1 N–H and O–H groups in total. The SMILES string of the molecule is COc1ccc(S(=O)(=O)N(CC(=O)Nc2ccc(Br)c(Cl)c2)c2ccc(F)cc2)cc1. The van der Waals surface area contributed by atoms with Gasteiger partial charge in [-0.05, 0) is 82.7 Å². The molecule has 0 aliphatic heterocycles. The number of carbonyl (C=O) groups excluding carboxylic acids is 1. The minimum atomic E-state index is -4.13. The summed E-state index contributed by atoms with van der Waals surface area (Å²) in [5.74, 6) is -0.642. The maximum atomic E-state index is 13.4. The standard InChI is InChI=1S/C21H17BrClFN2O4S/c1-30-17-7-9-18(10-8-17)31(28,29)26(16-5-2-14(24)3-6-16)13-21(27)25-15-4-11-19(22)20(23)12-15/h2-12H,13H2,1H3,(H,25,27). The molecule has 0 aliphatic rings. The minimum absolute atomic E-state index is 0.0443. The normalized spacial score (nSPS) is 11.1. The summed E-state index contributed by atoms with van der Waals surface area (Å²) in [5.41, 5.74) is 0.542. The zero-order valence-corrected chi connectivity index (χ0v) is 19.3. The van der Waals surface area contributed by atoms with E-state index in [0.717, 1.165) is 16.4 Å². The molecule has 0 spiro atoms. The van der Waals surface area contributed by atoms with Crippen LogP contribution in [0.15, 0.2) is 76.1 Å². The molecule has 10 heteroatoms. The van der Waals surface area contributed by atoms with Crippen LogP contribution in [-0.2, 0) is 14.8 Å². The van der Waals surface area contributed by atoms with E-state index in [-0.39, 0.29) is 10.6 Å². The minimum Gasteiger partial charge on any atom is -0.497 e. The fourth-order valence-corrected chi connectivity index (χ4v) is 4.55. The van der Waals surface area contributed by atoms with Gasteiger partial charge in [-0.15, -0.1) is 0 Å². The van der Waals surface area contributed by atoms with Crippen LogP contribution in [0, 0.1) is 5.82 Å². The number of methoxy groups -OCH3 is 1. The first kappa shape index (κ1) is 23.1. The molecule has 0 heterocycles. The molecule has 0 saturated heterocycles. The summed E-state index contributed by atoms with van der Waals surface area (Å²) >= 11 is 9.30. The van der Waals surface area contributed by atoms with E-state index in [0.29, 0.717) is 20.9 Å². The Morgan fingerprint density at radius 3 is 2.32 bits per heavy atom. The van der Waals surface area contributed by atoms with Crippen molar-refractivity contribution >= 4 is 54.8 Å². The van der Waals surface area contributed by atoms with Crippen molar-refractivity contribution in [2.45, 2.75) is 4.90 Å². The van der Waals surface area contributed by atoms with Crippen molar-refractivity contribution in [3.63, 3.8) is 0 Å². The van der Waals surface area contributed by atoms with Crippen LogP contribution in [-0.4, -0.2) is 28.0 Å². The van der Waals surface area contributed by atoms with Crippen molar-refractivity contribution in [3.05, 3.63) is 82.0 Å². The van der Waals surface area contributed by atoms with Crippen molar-refractivity contribution in [2.24, 2.45) is 0 Å².